The predicted octanol–water partition coefficient (Wildman–Crippen LogP) is 3.34. The van der Waals surface area contributed by atoms with E-state index in [-0.39, 0.29) is 5.41 Å². The van der Waals surface area contributed by atoms with Crippen LogP contribution in [0, 0.1) is 11.3 Å². The number of benzene rings is 2. The third kappa shape index (κ3) is 2.38. The van der Waals surface area contributed by atoms with Crippen LogP contribution in [0.3, 0.4) is 0 Å². The molecule has 0 spiro atoms. The minimum Gasteiger partial charge on any atom is -0.457 e. The van der Waals surface area contributed by atoms with Gasteiger partial charge in [0.05, 0.1) is 11.6 Å². The minimum absolute atomic E-state index is 0.215. The van der Waals surface area contributed by atoms with E-state index >= 15 is 0 Å². The van der Waals surface area contributed by atoms with Crippen LogP contribution >= 0.6 is 0 Å². The van der Waals surface area contributed by atoms with E-state index in [2.05, 4.69) is 18.2 Å². The van der Waals surface area contributed by atoms with Gasteiger partial charge in [0.1, 0.15) is 11.5 Å². The highest BCUT2D eigenvalue weighted by atomic mass is 16.5. The molecule has 3 nitrogen and oxygen atoms in total. The van der Waals surface area contributed by atoms with Crippen molar-refractivity contribution in [1.82, 2.24) is 0 Å². The molecule has 0 saturated heterocycles. The summed E-state index contributed by atoms with van der Waals surface area (Å²) in [5.74, 6) is 1.53. The fourth-order valence-corrected chi connectivity index (χ4v) is 2.37. The Labute approximate surface area is 118 Å². The van der Waals surface area contributed by atoms with Gasteiger partial charge in [0, 0.05) is 12.0 Å². The van der Waals surface area contributed by atoms with Crippen molar-refractivity contribution in [1.29, 1.82) is 5.26 Å². The third-order valence-corrected chi connectivity index (χ3v) is 3.93. The Kier molecular flexibility index (Phi) is 3.17. The van der Waals surface area contributed by atoms with E-state index in [1.807, 2.05) is 12.1 Å². The highest BCUT2D eigenvalue weighted by molar-refractivity contribution is 5.40. The van der Waals surface area contributed by atoms with Gasteiger partial charge in [0.15, 0.2) is 0 Å². The molecule has 2 N–H and O–H groups in total. The van der Waals surface area contributed by atoms with Gasteiger partial charge in [0.2, 0.25) is 0 Å². The lowest BCUT2D eigenvalue weighted by atomic mass is 9.96. The lowest BCUT2D eigenvalue weighted by Crippen LogP contribution is -2.19. The summed E-state index contributed by atoms with van der Waals surface area (Å²) in [5.41, 5.74) is 7.98. The van der Waals surface area contributed by atoms with Crippen LogP contribution < -0.4 is 10.5 Å². The molecule has 0 bridgehead atoms. The zero-order valence-corrected chi connectivity index (χ0v) is 11.2. The third-order valence-electron chi connectivity index (χ3n) is 3.93. The van der Waals surface area contributed by atoms with Crippen LogP contribution in [0.25, 0.3) is 0 Å². The number of nitriles is 1. The van der Waals surface area contributed by atoms with Crippen molar-refractivity contribution in [2.75, 3.05) is 6.54 Å². The van der Waals surface area contributed by atoms with Crippen molar-refractivity contribution < 1.29 is 4.74 Å². The molecule has 0 aliphatic heterocycles. The largest absolute Gasteiger partial charge is 0.457 e. The van der Waals surface area contributed by atoms with Crippen molar-refractivity contribution in [3.05, 3.63) is 59.7 Å². The van der Waals surface area contributed by atoms with Crippen LogP contribution in [-0.4, -0.2) is 6.54 Å². The first-order chi connectivity index (χ1) is 9.75. The van der Waals surface area contributed by atoms with E-state index in [9.17, 15) is 0 Å². The molecule has 1 saturated carbocycles. The fourth-order valence-electron chi connectivity index (χ4n) is 2.37. The monoisotopic (exact) mass is 264 g/mol. The van der Waals surface area contributed by atoms with E-state index in [1.165, 1.54) is 18.4 Å². The Hall–Kier alpha value is -2.31. The molecule has 100 valence electrons. The second kappa shape index (κ2) is 4.99. The lowest BCUT2D eigenvalue weighted by molar-refractivity contribution is 0.482. The van der Waals surface area contributed by atoms with E-state index in [0.717, 1.165) is 11.5 Å². The van der Waals surface area contributed by atoms with E-state index < -0.39 is 0 Å². The first kappa shape index (κ1) is 12.7. The van der Waals surface area contributed by atoms with Crippen molar-refractivity contribution in [3.8, 4) is 17.6 Å². The predicted molar refractivity (Wildman–Crippen MR) is 77.6 cm³/mol. The molecule has 0 atom stereocenters. The van der Waals surface area contributed by atoms with Gasteiger partial charge in [-0.3, -0.25) is 0 Å². The van der Waals surface area contributed by atoms with Crippen LogP contribution in [0.2, 0.25) is 0 Å². The van der Waals surface area contributed by atoms with Crippen molar-refractivity contribution >= 4 is 0 Å². The summed E-state index contributed by atoms with van der Waals surface area (Å²) >= 11 is 0. The standard InChI is InChI=1S/C17H16N2O/c18-11-13-1-5-15(6-2-13)20-16-7-3-14(4-8-16)17(12-19)9-10-17/h1-8H,9-10,12,19H2. The molecule has 0 amide bonds. The summed E-state index contributed by atoms with van der Waals surface area (Å²) in [4.78, 5) is 0. The van der Waals surface area contributed by atoms with Crippen LogP contribution in [0.5, 0.6) is 11.5 Å². The minimum atomic E-state index is 0.215. The summed E-state index contributed by atoms with van der Waals surface area (Å²) < 4.78 is 5.76. The number of ether oxygens (including phenoxy) is 1. The average Bonchev–Trinajstić information content (AvgIpc) is 3.30. The molecule has 0 heterocycles. The van der Waals surface area contributed by atoms with Gasteiger partial charge in [-0.25, -0.2) is 0 Å². The smallest absolute Gasteiger partial charge is 0.127 e. The molecule has 0 unspecified atom stereocenters. The number of nitrogens with zero attached hydrogens (tertiary/aromatic N) is 1. The molecule has 3 rings (SSSR count). The number of hydrogen-bond donors (Lipinski definition) is 1. The maximum absolute atomic E-state index is 8.75. The SMILES string of the molecule is N#Cc1ccc(Oc2ccc(C3(CN)CC3)cc2)cc1. The highest BCUT2D eigenvalue weighted by Gasteiger charge is 2.42. The van der Waals surface area contributed by atoms with Crippen molar-refractivity contribution in [2.45, 2.75) is 18.3 Å². The van der Waals surface area contributed by atoms with Crippen LogP contribution in [0.15, 0.2) is 48.5 Å². The van der Waals surface area contributed by atoms with E-state index in [1.54, 1.807) is 24.3 Å². The van der Waals surface area contributed by atoms with Crippen molar-refractivity contribution in [2.24, 2.45) is 5.73 Å². The zero-order chi connectivity index (χ0) is 14.0. The summed E-state index contributed by atoms with van der Waals surface area (Å²) in [7, 11) is 0. The first-order valence-electron chi connectivity index (χ1n) is 6.74. The normalized spacial score (nSPS) is 15.4. The molecule has 0 radical (unpaired) electrons. The summed E-state index contributed by atoms with van der Waals surface area (Å²) in [5, 5.41) is 8.75. The number of hydrogen-bond acceptors (Lipinski definition) is 3. The average molecular weight is 264 g/mol. The quantitative estimate of drug-likeness (QED) is 0.921. The van der Waals surface area contributed by atoms with Gasteiger partial charge in [-0.1, -0.05) is 12.1 Å². The van der Waals surface area contributed by atoms with Crippen molar-refractivity contribution in [3.63, 3.8) is 0 Å². The lowest BCUT2D eigenvalue weighted by Gasteiger charge is -2.13. The van der Waals surface area contributed by atoms with Gasteiger partial charge in [-0.15, -0.1) is 0 Å². The molecular formula is C17H16N2O. The Morgan fingerprint density at radius 1 is 1.00 bits per heavy atom. The number of rotatable bonds is 4. The molecule has 1 aliphatic carbocycles. The molecule has 2 aromatic carbocycles. The van der Waals surface area contributed by atoms with Crippen LogP contribution in [0.4, 0.5) is 0 Å². The second-order valence-electron chi connectivity index (χ2n) is 5.25. The molecule has 0 aromatic heterocycles. The summed E-state index contributed by atoms with van der Waals surface area (Å²) in [6.07, 6.45) is 2.36. The van der Waals surface area contributed by atoms with E-state index in [0.29, 0.717) is 12.1 Å². The van der Waals surface area contributed by atoms with Crippen LogP contribution in [0.1, 0.15) is 24.0 Å². The topological polar surface area (TPSA) is 59.0 Å². The Bertz CT molecular complexity index is 634. The Morgan fingerprint density at radius 3 is 2.00 bits per heavy atom. The maximum atomic E-state index is 8.75. The Morgan fingerprint density at radius 2 is 1.55 bits per heavy atom. The molecule has 20 heavy (non-hydrogen) atoms. The van der Waals surface area contributed by atoms with Gasteiger partial charge in [-0.05, 0) is 54.8 Å². The van der Waals surface area contributed by atoms with Gasteiger partial charge in [-0.2, -0.15) is 5.26 Å². The van der Waals surface area contributed by atoms with Gasteiger partial charge in [0.25, 0.3) is 0 Å². The maximum Gasteiger partial charge on any atom is 0.127 e. The summed E-state index contributed by atoms with van der Waals surface area (Å²) in [6, 6.07) is 17.3. The molecule has 3 heteroatoms. The van der Waals surface area contributed by atoms with E-state index in [4.69, 9.17) is 15.7 Å². The number of nitrogens with two attached hydrogens (primary N) is 1. The van der Waals surface area contributed by atoms with Crippen LogP contribution in [-0.2, 0) is 5.41 Å². The Balaban J connectivity index is 1.73. The highest BCUT2D eigenvalue weighted by Crippen LogP contribution is 2.47. The molecule has 1 aliphatic rings. The zero-order valence-electron chi connectivity index (χ0n) is 11.2. The first-order valence-corrected chi connectivity index (χ1v) is 6.74. The molecule has 1 fully saturated rings. The summed E-state index contributed by atoms with van der Waals surface area (Å²) in [6.45, 7) is 0.711. The molecule has 2 aromatic rings. The van der Waals surface area contributed by atoms with Gasteiger partial charge >= 0.3 is 0 Å². The second-order valence-corrected chi connectivity index (χ2v) is 5.25. The molecular weight excluding hydrogens is 248 g/mol. The van der Waals surface area contributed by atoms with Gasteiger partial charge < -0.3 is 10.5 Å². The fraction of sp³-hybridized carbons (Fsp3) is 0.235.